The Kier molecular flexibility index (Phi) is 6.01. The van der Waals surface area contributed by atoms with Gasteiger partial charge in [0.15, 0.2) is 0 Å². The molecule has 2 rings (SSSR count). The number of carbonyl (C=O) groups is 1. The van der Waals surface area contributed by atoms with Crippen LogP contribution < -0.4 is 11.1 Å². The third kappa shape index (κ3) is 5.19. The summed E-state index contributed by atoms with van der Waals surface area (Å²) in [4.78, 5) is 15.8. The Balaban J connectivity index is 2.12. The van der Waals surface area contributed by atoms with Gasteiger partial charge in [-0.05, 0) is 55.4 Å². The first-order valence-corrected chi connectivity index (χ1v) is 7.99. The zero-order valence-electron chi connectivity index (χ0n) is 12.8. The van der Waals surface area contributed by atoms with E-state index in [9.17, 15) is 4.79 Å². The number of amides is 2. The van der Waals surface area contributed by atoms with E-state index < -0.39 is 6.03 Å². The molecule has 0 aromatic heterocycles. The molecule has 0 bridgehead atoms. The summed E-state index contributed by atoms with van der Waals surface area (Å²) in [6.45, 7) is 2.26. The Hall–Kier alpha value is -1.81. The molecular weight excluding hydrogens is 298 g/mol. The molecule has 0 spiro atoms. The van der Waals surface area contributed by atoms with Crippen LogP contribution in [-0.4, -0.2) is 17.9 Å². The minimum Gasteiger partial charge on any atom is -0.351 e. The van der Waals surface area contributed by atoms with E-state index >= 15 is 0 Å². The van der Waals surface area contributed by atoms with Crippen LogP contribution in [0.3, 0.4) is 0 Å². The number of amidine groups is 1. The van der Waals surface area contributed by atoms with Gasteiger partial charge in [0.05, 0.1) is 6.04 Å². The Morgan fingerprint density at radius 1 is 1.32 bits per heavy atom. The predicted octanol–water partition coefficient (Wildman–Crippen LogP) is 4.00. The Labute approximate surface area is 136 Å². The van der Waals surface area contributed by atoms with Crippen LogP contribution in [0.4, 0.5) is 4.79 Å². The maximum atomic E-state index is 11.2. The van der Waals surface area contributed by atoms with Crippen LogP contribution in [0.5, 0.6) is 0 Å². The number of rotatable bonds is 3. The van der Waals surface area contributed by atoms with Gasteiger partial charge < -0.3 is 5.73 Å². The number of hydrogen-bond donors (Lipinski definition) is 2. The number of nitrogens with two attached hydrogens (primary N) is 1. The molecule has 1 aromatic carbocycles. The number of hydrogen-bond acceptors (Lipinski definition) is 2. The first-order valence-electron chi connectivity index (χ1n) is 7.61. The molecule has 1 aliphatic rings. The summed E-state index contributed by atoms with van der Waals surface area (Å²) in [5.74, 6) is 1.25. The summed E-state index contributed by atoms with van der Waals surface area (Å²) in [7, 11) is 0. The first kappa shape index (κ1) is 16.6. The maximum Gasteiger partial charge on any atom is 0.317 e. The van der Waals surface area contributed by atoms with Crippen molar-refractivity contribution in [3.05, 3.63) is 40.9 Å². The lowest BCUT2D eigenvalue weighted by Gasteiger charge is -2.23. The van der Waals surface area contributed by atoms with Gasteiger partial charge in [-0.1, -0.05) is 36.7 Å². The molecule has 0 saturated heterocycles. The fourth-order valence-corrected chi connectivity index (χ4v) is 2.79. The van der Waals surface area contributed by atoms with E-state index in [2.05, 4.69) is 17.2 Å². The second-order valence-corrected chi connectivity index (χ2v) is 6.18. The second-order valence-electron chi connectivity index (χ2n) is 5.77. The van der Waals surface area contributed by atoms with Crippen LogP contribution in [0.1, 0.15) is 38.2 Å². The summed E-state index contributed by atoms with van der Waals surface area (Å²) < 4.78 is 0. The molecule has 1 fully saturated rings. The largest absolute Gasteiger partial charge is 0.351 e. The topological polar surface area (TPSA) is 67.5 Å². The van der Waals surface area contributed by atoms with Gasteiger partial charge in [-0.15, -0.1) is 0 Å². The lowest BCUT2D eigenvalue weighted by molar-refractivity contribution is 0.253. The zero-order valence-corrected chi connectivity index (χ0v) is 13.5. The molecule has 1 aromatic rings. The van der Waals surface area contributed by atoms with Crippen LogP contribution in [-0.2, 0) is 0 Å². The SMILES string of the molecule is CC1CCC(N=C(C=Cc2ccccc2Cl)NC(N)=O)CC1. The van der Waals surface area contributed by atoms with Crippen molar-refractivity contribution < 1.29 is 4.79 Å². The highest BCUT2D eigenvalue weighted by molar-refractivity contribution is 6.32. The Morgan fingerprint density at radius 3 is 2.64 bits per heavy atom. The van der Waals surface area contributed by atoms with Crippen LogP contribution in [0.25, 0.3) is 6.08 Å². The van der Waals surface area contributed by atoms with Crippen molar-refractivity contribution >= 4 is 29.5 Å². The number of urea groups is 1. The minimum absolute atomic E-state index is 0.244. The number of aliphatic imine (C=N–C) groups is 1. The fraction of sp³-hybridized carbons (Fsp3) is 0.412. The van der Waals surface area contributed by atoms with Crippen LogP contribution in [0, 0.1) is 5.92 Å². The van der Waals surface area contributed by atoms with Gasteiger partial charge in [-0.2, -0.15) is 0 Å². The highest BCUT2D eigenvalue weighted by atomic mass is 35.5. The van der Waals surface area contributed by atoms with Crippen LogP contribution in [0.15, 0.2) is 35.3 Å². The maximum absolute atomic E-state index is 11.2. The molecule has 3 N–H and O–H groups in total. The number of nitrogens with one attached hydrogen (secondary N) is 1. The van der Waals surface area contributed by atoms with Crippen molar-refractivity contribution in [2.75, 3.05) is 0 Å². The van der Waals surface area contributed by atoms with Crippen molar-refractivity contribution in [3.8, 4) is 0 Å². The number of nitrogens with zero attached hydrogens (tertiary/aromatic N) is 1. The first-order chi connectivity index (χ1) is 10.5. The molecule has 2 amide bonds. The lowest BCUT2D eigenvalue weighted by atomic mass is 9.88. The molecule has 0 atom stereocenters. The van der Waals surface area contributed by atoms with Gasteiger partial charge in [-0.25, -0.2) is 4.79 Å². The third-order valence-electron chi connectivity index (χ3n) is 3.88. The van der Waals surface area contributed by atoms with Crippen LogP contribution >= 0.6 is 11.6 Å². The Bertz CT molecular complexity index is 575. The van der Waals surface area contributed by atoms with Gasteiger partial charge in [0.1, 0.15) is 5.84 Å². The summed E-state index contributed by atoms with van der Waals surface area (Å²) in [6.07, 6.45) is 8.03. The standard InChI is InChI=1S/C17H22ClN3O/c1-12-6-9-14(10-7-12)20-16(21-17(19)22)11-8-13-4-2-3-5-15(13)18/h2-5,8,11-12,14H,6-7,9-10H2,1H3,(H3,19,20,21,22). The lowest BCUT2D eigenvalue weighted by Crippen LogP contribution is -2.35. The van der Waals surface area contributed by atoms with Crippen molar-refractivity contribution in [1.82, 2.24) is 5.32 Å². The zero-order chi connectivity index (χ0) is 15.9. The summed E-state index contributed by atoms with van der Waals surface area (Å²) in [6, 6.07) is 7.15. The van der Waals surface area contributed by atoms with Gasteiger partial charge in [0.25, 0.3) is 0 Å². The summed E-state index contributed by atoms with van der Waals surface area (Å²) >= 11 is 6.12. The molecule has 0 unspecified atom stereocenters. The summed E-state index contributed by atoms with van der Waals surface area (Å²) in [5, 5.41) is 3.24. The van der Waals surface area contributed by atoms with E-state index in [0.29, 0.717) is 10.9 Å². The van der Waals surface area contributed by atoms with Crippen molar-refractivity contribution in [2.24, 2.45) is 16.6 Å². The highest BCUT2D eigenvalue weighted by Gasteiger charge is 2.17. The van der Waals surface area contributed by atoms with Gasteiger partial charge in [0, 0.05) is 5.02 Å². The molecule has 0 aliphatic heterocycles. The van der Waals surface area contributed by atoms with Crippen molar-refractivity contribution in [3.63, 3.8) is 0 Å². The highest BCUT2D eigenvalue weighted by Crippen LogP contribution is 2.25. The molecular formula is C17H22ClN3O. The van der Waals surface area contributed by atoms with E-state index in [0.717, 1.165) is 24.3 Å². The molecule has 0 radical (unpaired) electrons. The average Bonchev–Trinajstić information content (AvgIpc) is 2.48. The quantitative estimate of drug-likeness (QED) is 0.641. The Morgan fingerprint density at radius 2 is 2.00 bits per heavy atom. The number of halogens is 1. The van der Waals surface area contributed by atoms with E-state index in [-0.39, 0.29) is 6.04 Å². The summed E-state index contributed by atoms with van der Waals surface area (Å²) in [5.41, 5.74) is 6.10. The van der Waals surface area contributed by atoms with E-state index in [4.69, 9.17) is 17.3 Å². The third-order valence-corrected chi connectivity index (χ3v) is 4.23. The van der Waals surface area contributed by atoms with E-state index in [1.165, 1.54) is 12.8 Å². The van der Waals surface area contributed by atoms with Crippen molar-refractivity contribution in [1.29, 1.82) is 0 Å². The smallest absolute Gasteiger partial charge is 0.317 e. The minimum atomic E-state index is -0.605. The van der Waals surface area contributed by atoms with E-state index in [1.807, 2.05) is 30.3 Å². The van der Waals surface area contributed by atoms with Gasteiger partial charge in [0.2, 0.25) is 0 Å². The van der Waals surface area contributed by atoms with Gasteiger partial charge in [-0.3, -0.25) is 10.3 Å². The molecule has 4 nitrogen and oxygen atoms in total. The molecule has 1 aliphatic carbocycles. The van der Waals surface area contributed by atoms with Crippen LogP contribution in [0.2, 0.25) is 5.02 Å². The monoisotopic (exact) mass is 319 g/mol. The van der Waals surface area contributed by atoms with Crippen molar-refractivity contribution in [2.45, 2.75) is 38.6 Å². The molecule has 118 valence electrons. The number of carbonyl (C=O) groups excluding carboxylic acids is 1. The number of benzene rings is 1. The number of primary amides is 1. The molecule has 0 heterocycles. The average molecular weight is 320 g/mol. The molecule has 1 saturated carbocycles. The van der Waals surface area contributed by atoms with E-state index in [1.54, 1.807) is 6.08 Å². The fourth-order valence-electron chi connectivity index (χ4n) is 2.59. The normalized spacial score (nSPS) is 22.7. The van der Waals surface area contributed by atoms with Gasteiger partial charge >= 0.3 is 6.03 Å². The predicted molar refractivity (Wildman–Crippen MR) is 92.1 cm³/mol. The second kappa shape index (κ2) is 7.99. The molecule has 5 heteroatoms. The molecule has 22 heavy (non-hydrogen) atoms.